The van der Waals surface area contributed by atoms with Crippen molar-refractivity contribution in [3.8, 4) is 5.75 Å². The zero-order valence-corrected chi connectivity index (χ0v) is 18.5. The van der Waals surface area contributed by atoms with Crippen LogP contribution in [0.4, 0.5) is 11.4 Å². The first kappa shape index (κ1) is 22.6. The SMILES string of the molecule is COc1ccc(N(C)S(=O)(=O)C2=CC=C(C(=O)Nc3cccc(C(C)O)c3)CC2)cc1. The Kier molecular flexibility index (Phi) is 6.82. The molecule has 1 aliphatic rings. The number of aliphatic hydroxyl groups is 1. The number of rotatable bonds is 7. The molecule has 0 fully saturated rings. The summed E-state index contributed by atoms with van der Waals surface area (Å²) in [6.45, 7) is 1.65. The van der Waals surface area contributed by atoms with Crippen molar-refractivity contribution >= 4 is 27.3 Å². The molecule has 2 N–H and O–H groups in total. The van der Waals surface area contributed by atoms with Crippen molar-refractivity contribution in [3.63, 3.8) is 0 Å². The highest BCUT2D eigenvalue weighted by Crippen LogP contribution is 2.29. The van der Waals surface area contributed by atoms with Crippen molar-refractivity contribution in [1.82, 2.24) is 0 Å². The van der Waals surface area contributed by atoms with Crippen LogP contribution in [0.2, 0.25) is 0 Å². The second-order valence-electron chi connectivity index (χ2n) is 7.25. The molecule has 2 aromatic rings. The van der Waals surface area contributed by atoms with Gasteiger partial charge in [-0.05, 0) is 67.8 Å². The van der Waals surface area contributed by atoms with Gasteiger partial charge in [0.05, 0.1) is 23.8 Å². The largest absolute Gasteiger partial charge is 0.497 e. The number of benzene rings is 2. The number of ether oxygens (including phenoxy) is 1. The summed E-state index contributed by atoms with van der Waals surface area (Å²) in [6, 6.07) is 13.7. The van der Waals surface area contributed by atoms with Gasteiger partial charge in [-0.3, -0.25) is 9.10 Å². The monoisotopic (exact) mass is 442 g/mol. The van der Waals surface area contributed by atoms with Gasteiger partial charge in [0.15, 0.2) is 0 Å². The smallest absolute Gasteiger partial charge is 0.260 e. The maximum absolute atomic E-state index is 13.0. The summed E-state index contributed by atoms with van der Waals surface area (Å²) >= 11 is 0. The van der Waals surface area contributed by atoms with Gasteiger partial charge in [-0.25, -0.2) is 8.42 Å². The Morgan fingerprint density at radius 2 is 1.84 bits per heavy atom. The molecule has 0 bridgehead atoms. The summed E-state index contributed by atoms with van der Waals surface area (Å²) < 4.78 is 32.3. The van der Waals surface area contributed by atoms with E-state index in [0.717, 1.165) is 0 Å². The second-order valence-corrected chi connectivity index (χ2v) is 9.27. The normalized spacial score (nSPS) is 14.8. The van der Waals surface area contributed by atoms with Crippen LogP contribution < -0.4 is 14.4 Å². The van der Waals surface area contributed by atoms with Crippen molar-refractivity contribution in [1.29, 1.82) is 0 Å². The Balaban J connectivity index is 1.74. The van der Waals surface area contributed by atoms with Crippen LogP contribution in [0.1, 0.15) is 31.4 Å². The lowest BCUT2D eigenvalue weighted by atomic mass is 10.0. The molecule has 0 saturated carbocycles. The minimum atomic E-state index is -3.71. The molecule has 1 atom stereocenters. The third kappa shape index (κ3) is 5.15. The number of hydrogen-bond acceptors (Lipinski definition) is 5. The molecule has 7 nitrogen and oxygen atoms in total. The van der Waals surface area contributed by atoms with Gasteiger partial charge in [-0.2, -0.15) is 0 Å². The number of carbonyl (C=O) groups is 1. The first-order valence-corrected chi connectivity index (χ1v) is 11.3. The summed E-state index contributed by atoms with van der Waals surface area (Å²) in [5.41, 5.74) is 2.29. The lowest BCUT2D eigenvalue weighted by Gasteiger charge is -2.23. The lowest BCUT2D eigenvalue weighted by Crippen LogP contribution is -2.28. The van der Waals surface area contributed by atoms with Crippen LogP contribution >= 0.6 is 0 Å². The predicted octanol–water partition coefficient (Wildman–Crippen LogP) is 3.76. The van der Waals surface area contributed by atoms with Gasteiger partial charge in [0.2, 0.25) is 0 Å². The van der Waals surface area contributed by atoms with Gasteiger partial charge in [0, 0.05) is 18.3 Å². The van der Waals surface area contributed by atoms with Crippen LogP contribution in [0.5, 0.6) is 5.75 Å². The first-order chi connectivity index (χ1) is 14.7. The molecule has 0 heterocycles. The third-order valence-electron chi connectivity index (χ3n) is 5.16. The second kappa shape index (κ2) is 9.36. The molecule has 164 valence electrons. The van der Waals surface area contributed by atoms with Crippen molar-refractivity contribution in [2.75, 3.05) is 23.8 Å². The summed E-state index contributed by atoms with van der Waals surface area (Å²) in [5.74, 6) is 0.350. The number of carbonyl (C=O) groups excluding carboxylic acids is 1. The van der Waals surface area contributed by atoms with Crippen molar-refractivity contribution in [2.24, 2.45) is 0 Å². The molecular weight excluding hydrogens is 416 g/mol. The highest BCUT2D eigenvalue weighted by Gasteiger charge is 2.26. The minimum absolute atomic E-state index is 0.232. The molecule has 8 heteroatoms. The average molecular weight is 443 g/mol. The van der Waals surface area contributed by atoms with Gasteiger partial charge < -0.3 is 15.2 Å². The van der Waals surface area contributed by atoms with E-state index in [-0.39, 0.29) is 17.2 Å². The fourth-order valence-electron chi connectivity index (χ4n) is 3.22. The number of amides is 1. The molecule has 1 amide bonds. The Bertz CT molecular complexity index is 1120. The molecule has 0 aromatic heterocycles. The fraction of sp³-hybridized carbons (Fsp3) is 0.261. The molecule has 0 saturated heterocycles. The van der Waals surface area contributed by atoms with Crippen molar-refractivity contribution in [3.05, 3.63) is 76.7 Å². The van der Waals surface area contributed by atoms with E-state index >= 15 is 0 Å². The Hall–Kier alpha value is -3.10. The summed E-state index contributed by atoms with van der Waals surface area (Å²) in [4.78, 5) is 12.8. The molecular formula is C23H26N2O5S. The number of aliphatic hydroxyl groups excluding tert-OH is 1. The Labute approximate surface area is 182 Å². The summed E-state index contributed by atoms with van der Waals surface area (Å²) in [7, 11) is -0.661. The van der Waals surface area contributed by atoms with E-state index in [1.54, 1.807) is 68.6 Å². The number of nitrogens with one attached hydrogen (secondary N) is 1. The number of allylic oxidation sites excluding steroid dienone is 3. The Morgan fingerprint density at radius 3 is 2.42 bits per heavy atom. The van der Waals surface area contributed by atoms with Gasteiger partial charge in [-0.1, -0.05) is 18.2 Å². The third-order valence-corrected chi connectivity index (χ3v) is 7.09. The molecule has 0 radical (unpaired) electrons. The molecule has 1 unspecified atom stereocenters. The van der Waals surface area contributed by atoms with Crippen molar-refractivity contribution in [2.45, 2.75) is 25.9 Å². The van der Waals surface area contributed by atoms with Gasteiger partial charge in [0.25, 0.3) is 15.9 Å². The van der Waals surface area contributed by atoms with E-state index < -0.39 is 16.1 Å². The summed E-state index contributed by atoms with van der Waals surface area (Å²) in [5, 5.41) is 12.5. The maximum atomic E-state index is 13.0. The first-order valence-electron chi connectivity index (χ1n) is 9.84. The van der Waals surface area contributed by atoms with E-state index in [2.05, 4.69) is 5.32 Å². The van der Waals surface area contributed by atoms with Crippen LogP contribution in [0, 0.1) is 0 Å². The van der Waals surface area contributed by atoms with Gasteiger partial charge in [-0.15, -0.1) is 0 Å². The van der Waals surface area contributed by atoms with Crippen LogP contribution in [-0.4, -0.2) is 33.6 Å². The van der Waals surface area contributed by atoms with E-state index in [0.29, 0.717) is 34.7 Å². The van der Waals surface area contributed by atoms with Crippen LogP contribution in [0.25, 0.3) is 0 Å². The van der Waals surface area contributed by atoms with E-state index in [1.807, 2.05) is 0 Å². The predicted molar refractivity (Wildman–Crippen MR) is 121 cm³/mol. The number of hydrogen-bond donors (Lipinski definition) is 2. The van der Waals surface area contributed by atoms with Crippen LogP contribution in [0.15, 0.2) is 71.2 Å². The molecule has 1 aliphatic carbocycles. The Morgan fingerprint density at radius 1 is 1.13 bits per heavy atom. The number of sulfonamides is 1. The van der Waals surface area contributed by atoms with Gasteiger partial charge >= 0.3 is 0 Å². The standard InChI is InChI=1S/C23H26N2O5S/c1-16(26)18-5-4-6-19(15-18)24-23(27)17-7-13-22(14-8-17)31(28,29)25(2)20-9-11-21(30-3)12-10-20/h4-7,9-13,15-16,26H,8,14H2,1-3H3,(H,24,27). The summed E-state index contributed by atoms with van der Waals surface area (Å²) in [6.07, 6.45) is 2.94. The molecule has 2 aromatic carbocycles. The van der Waals surface area contributed by atoms with E-state index in [9.17, 15) is 18.3 Å². The van der Waals surface area contributed by atoms with Crippen LogP contribution in [-0.2, 0) is 14.8 Å². The van der Waals surface area contributed by atoms with E-state index in [4.69, 9.17) is 4.74 Å². The molecule has 31 heavy (non-hydrogen) atoms. The molecule has 3 rings (SSSR count). The number of nitrogens with zero attached hydrogens (tertiary/aromatic N) is 1. The lowest BCUT2D eigenvalue weighted by molar-refractivity contribution is -0.113. The number of methoxy groups -OCH3 is 1. The van der Waals surface area contributed by atoms with Crippen molar-refractivity contribution < 1.29 is 23.1 Å². The number of anilines is 2. The zero-order valence-electron chi connectivity index (χ0n) is 17.7. The van der Waals surface area contributed by atoms with E-state index in [1.165, 1.54) is 17.4 Å². The maximum Gasteiger partial charge on any atom is 0.260 e. The zero-order chi connectivity index (χ0) is 22.6. The highest BCUT2D eigenvalue weighted by molar-refractivity contribution is 7.96. The quantitative estimate of drug-likeness (QED) is 0.681. The fourth-order valence-corrected chi connectivity index (χ4v) is 4.57. The molecule has 0 spiro atoms. The van der Waals surface area contributed by atoms with Crippen LogP contribution in [0.3, 0.4) is 0 Å². The molecule has 0 aliphatic heterocycles. The minimum Gasteiger partial charge on any atom is -0.497 e. The average Bonchev–Trinajstić information content (AvgIpc) is 2.78. The topological polar surface area (TPSA) is 95.9 Å². The van der Waals surface area contributed by atoms with Gasteiger partial charge in [0.1, 0.15) is 5.75 Å². The highest BCUT2D eigenvalue weighted by atomic mass is 32.2.